The zero-order valence-corrected chi connectivity index (χ0v) is 21.3. The number of ether oxygens (including phenoxy) is 1. The van der Waals surface area contributed by atoms with Crippen molar-refractivity contribution in [2.24, 2.45) is 10.9 Å². The molecule has 1 aliphatic rings. The number of hydrogen-bond acceptors (Lipinski definition) is 4. The van der Waals surface area contributed by atoms with Crippen LogP contribution < -0.4 is 5.32 Å². The predicted octanol–water partition coefficient (Wildman–Crippen LogP) is 3.46. The molecule has 0 aromatic heterocycles. The third-order valence-corrected chi connectivity index (χ3v) is 6.02. The topological polar surface area (TPSA) is 71.0 Å². The van der Waals surface area contributed by atoms with Crippen LogP contribution in [0.1, 0.15) is 23.1 Å². The molecule has 3 rings (SSSR count). The summed E-state index contributed by atoms with van der Waals surface area (Å²) in [5.41, 5.74) is 3.10. The molecule has 1 atom stereocenters. The van der Waals surface area contributed by atoms with Gasteiger partial charge < -0.3 is 15.0 Å². The molecule has 0 saturated carbocycles. The Morgan fingerprint density at radius 2 is 1.77 bits per heavy atom. The van der Waals surface area contributed by atoms with Crippen molar-refractivity contribution in [2.45, 2.75) is 25.3 Å². The fourth-order valence-corrected chi connectivity index (χ4v) is 4.45. The molecule has 1 aliphatic heterocycles. The summed E-state index contributed by atoms with van der Waals surface area (Å²) in [5, 5.41) is 3.41. The smallest absolute Gasteiger partial charge is 0.193 e. The molecule has 0 amide bonds. The van der Waals surface area contributed by atoms with Gasteiger partial charge in [0.2, 0.25) is 0 Å². The van der Waals surface area contributed by atoms with Crippen molar-refractivity contribution in [1.29, 1.82) is 0 Å². The largest absolute Gasteiger partial charge is 0.376 e. The third-order valence-electron chi connectivity index (χ3n) is 5.16. The lowest BCUT2D eigenvalue weighted by Gasteiger charge is -2.22. The number of likely N-dealkylation sites (tertiary alicyclic amines) is 1. The van der Waals surface area contributed by atoms with E-state index in [1.165, 1.54) is 11.8 Å². The first-order chi connectivity index (χ1) is 14.4. The van der Waals surface area contributed by atoms with Crippen LogP contribution in [0.15, 0.2) is 59.6 Å². The van der Waals surface area contributed by atoms with E-state index in [4.69, 9.17) is 4.74 Å². The van der Waals surface area contributed by atoms with Crippen molar-refractivity contribution in [1.82, 2.24) is 10.2 Å². The molecule has 0 aliphatic carbocycles. The number of nitrogens with zero attached hydrogens (tertiary/aromatic N) is 2. The quantitative estimate of drug-likeness (QED) is 0.306. The molecular formula is C23H32IN3O3S. The van der Waals surface area contributed by atoms with Crippen molar-refractivity contribution in [3.8, 4) is 0 Å². The van der Waals surface area contributed by atoms with Crippen molar-refractivity contribution in [3.63, 3.8) is 0 Å². The summed E-state index contributed by atoms with van der Waals surface area (Å²) in [7, 11) is -1.21. The van der Waals surface area contributed by atoms with E-state index < -0.39 is 9.84 Å². The Morgan fingerprint density at radius 3 is 2.42 bits per heavy atom. The first-order valence-electron chi connectivity index (χ1n) is 10.3. The van der Waals surface area contributed by atoms with Gasteiger partial charge >= 0.3 is 0 Å². The Hall–Kier alpha value is -1.65. The van der Waals surface area contributed by atoms with Crippen LogP contribution in [0, 0.1) is 5.92 Å². The lowest BCUT2D eigenvalue weighted by molar-refractivity contribution is 0.0906. The van der Waals surface area contributed by atoms with Gasteiger partial charge in [-0.1, -0.05) is 54.6 Å². The maximum Gasteiger partial charge on any atom is 0.193 e. The van der Waals surface area contributed by atoms with Crippen molar-refractivity contribution in [3.05, 3.63) is 71.3 Å². The van der Waals surface area contributed by atoms with Gasteiger partial charge in [0.1, 0.15) is 0 Å². The Labute approximate surface area is 203 Å². The Balaban J connectivity index is 0.00000341. The van der Waals surface area contributed by atoms with Gasteiger partial charge in [-0.3, -0.25) is 4.99 Å². The Bertz CT molecular complexity index is 934. The highest BCUT2D eigenvalue weighted by molar-refractivity contribution is 14.0. The molecule has 2 aromatic rings. The van der Waals surface area contributed by atoms with Gasteiger partial charge in [-0.15, -0.1) is 24.0 Å². The van der Waals surface area contributed by atoms with Gasteiger partial charge in [-0.25, -0.2) is 8.42 Å². The highest BCUT2D eigenvalue weighted by Crippen LogP contribution is 2.17. The molecule has 1 N–H and O–H groups in total. The van der Waals surface area contributed by atoms with E-state index in [1.807, 2.05) is 42.5 Å². The first-order valence-corrected chi connectivity index (χ1v) is 12.3. The minimum atomic E-state index is -3.01. The second-order valence-corrected chi connectivity index (χ2v) is 10.0. The van der Waals surface area contributed by atoms with Crippen LogP contribution in [0.5, 0.6) is 0 Å². The van der Waals surface area contributed by atoms with Crippen LogP contribution in [0.25, 0.3) is 0 Å². The number of halogens is 1. The van der Waals surface area contributed by atoms with Gasteiger partial charge in [0.25, 0.3) is 0 Å². The number of nitrogens with one attached hydrogen (secondary N) is 1. The molecule has 8 heteroatoms. The molecule has 0 radical (unpaired) electrons. The Morgan fingerprint density at radius 1 is 1.10 bits per heavy atom. The molecule has 1 saturated heterocycles. The third kappa shape index (κ3) is 8.78. The number of hydrogen-bond donors (Lipinski definition) is 1. The molecule has 6 nitrogen and oxygen atoms in total. The number of aliphatic imine (C=N–C) groups is 1. The highest BCUT2D eigenvalue weighted by Gasteiger charge is 2.24. The highest BCUT2D eigenvalue weighted by atomic mass is 127. The summed E-state index contributed by atoms with van der Waals surface area (Å²) >= 11 is 0. The minimum absolute atomic E-state index is 0. The summed E-state index contributed by atoms with van der Waals surface area (Å²) in [6.45, 7) is 3.95. The molecule has 170 valence electrons. The van der Waals surface area contributed by atoms with Crippen molar-refractivity contribution < 1.29 is 13.2 Å². The summed E-state index contributed by atoms with van der Waals surface area (Å²) in [5.74, 6) is 1.47. The monoisotopic (exact) mass is 557 g/mol. The number of benzene rings is 2. The molecule has 1 unspecified atom stereocenters. The van der Waals surface area contributed by atoms with Gasteiger partial charge in [0.15, 0.2) is 15.8 Å². The predicted molar refractivity (Wildman–Crippen MR) is 136 cm³/mol. The van der Waals surface area contributed by atoms with E-state index in [9.17, 15) is 8.42 Å². The zero-order chi connectivity index (χ0) is 21.4. The van der Waals surface area contributed by atoms with Gasteiger partial charge in [-0.2, -0.15) is 0 Å². The molecular weight excluding hydrogens is 525 g/mol. The van der Waals surface area contributed by atoms with E-state index in [-0.39, 0.29) is 29.7 Å². The van der Waals surface area contributed by atoms with E-state index in [0.717, 1.165) is 43.2 Å². The normalized spacial score (nSPS) is 16.8. The number of sulfone groups is 1. The van der Waals surface area contributed by atoms with E-state index in [2.05, 4.69) is 27.3 Å². The average Bonchev–Trinajstić information content (AvgIpc) is 3.18. The van der Waals surface area contributed by atoms with Crippen LogP contribution in [-0.2, 0) is 33.5 Å². The first kappa shape index (κ1) is 25.6. The molecule has 31 heavy (non-hydrogen) atoms. The van der Waals surface area contributed by atoms with E-state index in [0.29, 0.717) is 19.1 Å². The van der Waals surface area contributed by atoms with E-state index >= 15 is 0 Å². The van der Waals surface area contributed by atoms with E-state index in [1.54, 1.807) is 7.05 Å². The summed E-state index contributed by atoms with van der Waals surface area (Å²) in [6.07, 6.45) is 2.35. The molecule has 0 bridgehead atoms. The SMILES string of the molecule is CN=C(NCc1ccc(CS(C)(=O)=O)cc1)N1CCC(COCc2ccccc2)C1.I. The van der Waals surface area contributed by atoms with Crippen LogP contribution in [0.3, 0.4) is 0 Å². The fraction of sp³-hybridized carbons (Fsp3) is 0.435. The Kier molecular flexibility index (Phi) is 10.2. The summed E-state index contributed by atoms with van der Waals surface area (Å²) in [4.78, 5) is 6.70. The van der Waals surface area contributed by atoms with Gasteiger partial charge in [0, 0.05) is 38.9 Å². The zero-order valence-electron chi connectivity index (χ0n) is 18.2. The average molecular weight is 557 g/mol. The van der Waals surface area contributed by atoms with Crippen LogP contribution in [-0.4, -0.2) is 52.3 Å². The molecule has 1 heterocycles. The van der Waals surface area contributed by atoms with Crippen LogP contribution >= 0.6 is 24.0 Å². The molecule has 2 aromatic carbocycles. The lowest BCUT2D eigenvalue weighted by Crippen LogP contribution is -2.39. The van der Waals surface area contributed by atoms with Crippen molar-refractivity contribution >= 4 is 39.8 Å². The van der Waals surface area contributed by atoms with Crippen LogP contribution in [0.2, 0.25) is 0 Å². The van der Waals surface area contributed by atoms with Gasteiger partial charge in [-0.05, 0) is 23.1 Å². The van der Waals surface area contributed by atoms with Crippen molar-refractivity contribution in [2.75, 3.05) is 33.0 Å². The maximum absolute atomic E-state index is 11.4. The van der Waals surface area contributed by atoms with Gasteiger partial charge in [0.05, 0.1) is 19.0 Å². The molecule has 0 spiro atoms. The number of rotatable bonds is 8. The lowest BCUT2D eigenvalue weighted by atomic mass is 10.1. The second kappa shape index (κ2) is 12.4. The summed E-state index contributed by atoms with van der Waals surface area (Å²) < 4.78 is 28.7. The standard InChI is InChI=1S/C23H31N3O3S.HI/c1-24-23(25-14-19-8-10-21(11-9-19)18-30(2,27)28)26-13-12-22(15-26)17-29-16-20-6-4-3-5-7-20;/h3-11,22H,12-18H2,1-2H3,(H,24,25);1H. The fourth-order valence-electron chi connectivity index (χ4n) is 3.65. The maximum atomic E-state index is 11.4. The molecule has 1 fully saturated rings. The number of guanidine groups is 1. The summed E-state index contributed by atoms with van der Waals surface area (Å²) in [6, 6.07) is 17.9. The second-order valence-electron chi connectivity index (χ2n) is 7.89. The minimum Gasteiger partial charge on any atom is -0.376 e. The van der Waals surface area contributed by atoms with Crippen LogP contribution in [0.4, 0.5) is 0 Å².